The average molecular weight is 295 g/mol. The maximum atomic E-state index is 12.2. The number of aryl methyl sites for hydroxylation is 1. The van der Waals surface area contributed by atoms with E-state index in [9.17, 15) is 4.79 Å². The average Bonchev–Trinajstić information content (AvgIpc) is 2.82. The molecule has 0 saturated heterocycles. The van der Waals surface area contributed by atoms with Gasteiger partial charge >= 0.3 is 0 Å². The Morgan fingerprint density at radius 3 is 2.57 bits per heavy atom. The van der Waals surface area contributed by atoms with E-state index in [-0.39, 0.29) is 18.1 Å². The zero-order chi connectivity index (χ0) is 16.0. The van der Waals surface area contributed by atoms with E-state index in [0.717, 1.165) is 12.0 Å². The van der Waals surface area contributed by atoms with Crippen LogP contribution in [0.15, 0.2) is 12.4 Å². The number of carbonyl (C=O) groups is 1. The monoisotopic (exact) mass is 295 g/mol. The number of aromatic nitrogens is 2. The van der Waals surface area contributed by atoms with E-state index in [0.29, 0.717) is 18.9 Å². The van der Waals surface area contributed by atoms with Gasteiger partial charge in [0.05, 0.1) is 31.4 Å². The van der Waals surface area contributed by atoms with Crippen LogP contribution in [0.5, 0.6) is 0 Å². The predicted molar refractivity (Wildman–Crippen MR) is 83.9 cm³/mol. The van der Waals surface area contributed by atoms with Gasteiger partial charge in [-0.2, -0.15) is 5.10 Å². The summed E-state index contributed by atoms with van der Waals surface area (Å²) in [7, 11) is 3.71. The molecule has 0 aliphatic rings. The lowest BCUT2D eigenvalue weighted by atomic mass is 10.1. The van der Waals surface area contributed by atoms with E-state index in [1.54, 1.807) is 15.8 Å². The molecule has 5 heteroatoms. The van der Waals surface area contributed by atoms with Gasteiger partial charge in [0, 0.05) is 25.9 Å². The Balaban J connectivity index is 2.37. The first kappa shape index (κ1) is 17.7. The normalized spacial score (nSPS) is 14.2. The van der Waals surface area contributed by atoms with E-state index >= 15 is 0 Å². The van der Waals surface area contributed by atoms with E-state index < -0.39 is 0 Å². The molecular formula is C16H29N3O2. The summed E-state index contributed by atoms with van der Waals surface area (Å²) in [6.45, 7) is 8.91. The Morgan fingerprint density at radius 1 is 1.38 bits per heavy atom. The second-order valence-corrected chi connectivity index (χ2v) is 6.19. The molecule has 1 heterocycles. The maximum absolute atomic E-state index is 12.2. The van der Waals surface area contributed by atoms with Crippen molar-refractivity contribution in [3.05, 3.63) is 18.0 Å². The number of hydrogen-bond donors (Lipinski definition) is 0. The van der Waals surface area contributed by atoms with E-state index in [2.05, 4.69) is 25.9 Å². The molecule has 1 amide bonds. The van der Waals surface area contributed by atoms with E-state index in [1.165, 1.54) is 0 Å². The summed E-state index contributed by atoms with van der Waals surface area (Å²) in [4.78, 5) is 13.9. The summed E-state index contributed by atoms with van der Waals surface area (Å²) in [5.41, 5.74) is 1.04. The second kappa shape index (κ2) is 8.17. The molecule has 0 bridgehead atoms. The molecular weight excluding hydrogens is 266 g/mol. The van der Waals surface area contributed by atoms with Crippen LogP contribution in [0.1, 0.15) is 52.1 Å². The van der Waals surface area contributed by atoms with Crippen LogP contribution in [0.3, 0.4) is 0 Å². The minimum Gasteiger partial charge on any atom is -0.378 e. The standard InChI is InChI=1S/C16H29N3O2/c1-12(2)9-13(3)21-8-7-16(20)19(6)14(4)15-10-17-18(5)11-15/h10-14H,7-9H2,1-6H3/t13-,14+/m1/s1. The van der Waals surface area contributed by atoms with Gasteiger partial charge in [-0.25, -0.2) is 0 Å². The first-order valence-electron chi connectivity index (χ1n) is 7.67. The molecule has 1 rings (SSSR count). The van der Waals surface area contributed by atoms with E-state index in [4.69, 9.17) is 4.74 Å². The van der Waals surface area contributed by atoms with Crippen molar-refractivity contribution in [2.75, 3.05) is 13.7 Å². The smallest absolute Gasteiger partial charge is 0.225 e. The van der Waals surface area contributed by atoms with Gasteiger partial charge in [0.15, 0.2) is 0 Å². The zero-order valence-electron chi connectivity index (χ0n) is 14.2. The van der Waals surface area contributed by atoms with Crippen LogP contribution in [0.4, 0.5) is 0 Å². The van der Waals surface area contributed by atoms with Crippen LogP contribution in [-0.4, -0.2) is 40.3 Å². The van der Waals surface area contributed by atoms with Crippen LogP contribution in [0.2, 0.25) is 0 Å². The lowest BCUT2D eigenvalue weighted by Crippen LogP contribution is -2.30. The third-order valence-corrected chi connectivity index (χ3v) is 3.70. The Hall–Kier alpha value is -1.36. The summed E-state index contributed by atoms with van der Waals surface area (Å²) in [5, 5.41) is 4.15. The molecule has 0 fully saturated rings. The third-order valence-electron chi connectivity index (χ3n) is 3.70. The second-order valence-electron chi connectivity index (χ2n) is 6.19. The summed E-state index contributed by atoms with van der Waals surface area (Å²) in [5.74, 6) is 0.715. The van der Waals surface area contributed by atoms with Crippen molar-refractivity contribution < 1.29 is 9.53 Å². The van der Waals surface area contributed by atoms with Crippen molar-refractivity contribution in [1.82, 2.24) is 14.7 Å². The highest BCUT2D eigenvalue weighted by Gasteiger charge is 2.18. The van der Waals surface area contributed by atoms with Crippen LogP contribution in [0.25, 0.3) is 0 Å². The van der Waals surface area contributed by atoms with E-state index in [1.807, 2.05) is 27.2 Å². The number of nitrogens with zero attached hydrogens (tertiary/aromatic N) is 3. The lowest BCUT2D eigenvalue weighted by molar-refractivity contribution is -0.133. The summed E-state index contributed by atoms with van der Waals surface area (Å²) in [6, 6.07) is 0.0271. The Labute approximate surface area is 128 Å². The molecule has 21 heavy (non-hydrogen) atoms. The van der Waals surface area contributed by atoms with Gasteiger partial charge in [0.2, 0.25) is 5.91 Å². The Bertz CT molecular complexity index is 442. The predicted octanol–water partition coefficient (Wildman–Crippen LogP) is 2.78. The highest BCUT2D eigenvalue weighted by Crippen LogP contribution is 2.18. The quantitative estimate of drug-likeness (QED) is 0.741. The Morgan fingerprint density at radius 2 is 2.05 bits per heavy atom. The van der Waals surface area contributed by atoms with Gasteiger partial charge in [-0.1, -0.05) is 13.8 Å². The molecule has 2 atom stereocenters. The van der Waals surface area contributed by atoms with Crippen molar-refractivity contribution in [3.63, 3.8) is 0 Å². The van der Waals surface area contributed by atoms with Crippen LogP contribution < -0.4 is 0 Å². The molecule has 0 unspecified atom stereocenters. The van der Waals surface area contributed by atoms with Crippen molar-refractivity contribution in [3.8, 4) is 0 Å². The van der Waals surface area contributed by atoms with Crippen molar-refractivity contribution in [2.24, 2.45) is 13.0 Å². The van der Waals surface area contributed by atoms with Gasteiger partial charge in [0.1, 0.15) is 0 Å². The van der Waals surface area contributed by atoms with Crippen LogP contribution in [0, 0.1) is 5.92 Å². The van der Waals surface area contributed by atoms with Crippen LogP contribution >= 0.6 is 0 Å². The minimum absolute atomic E-state index is 0.0271. The first-order valence-corrected chi connectivity index (χ1v) is 7.67. The molecule has 0 aliphatic heterocycles. The van der Waals surface area contributed by atoms with Crippen molar-refractivity contribution in [1.29, 1.82) is 0 Å². The largest absolute Gasteiger partial charge is 0.378 e. The van der Waals surface area contributed by atoms with Crippen LogP contribution in [-0.2, 0) is 16.6 Å². The molecule has 0 N–H and O–H groups in total. The fraction of sp³-hybridized carbons (Fsp3) is 0.750. The fourth-order valence-electron chi connectivity index (χ4n) is 2.35. The van der Waals surface area contributed by atoms with Gasteiger partial charge in [-0.3, -0.25) is 9.48 Å². The molecule has 0 aliphatic carbocycles. The SMILES string of the molecule is CC(C)C[C@@H](C)OCCC(=O)N(C)[C@@H](C)c1cnn(C)c1. The number of ether oxygens (including phenoxy) is 1. The van der Waals surface area contributed by atoms with Crippen molar-refractivity contribution >= 4 is 5.91 Å². The summed E-state index contributed by atoms with van der Waals surface area (Å²) < 4.78 is 7.45. The molecule has 120 valence electrons. The number of hydrogen-bond acceptors (Lipinski definition) is 3. The minimum atomic E-state index is 0.0271. The number of rotatable bonds is 8. The molecule has 0 saturated carbocycles. The number of amides is 1. The molecule has 1 aromatic heterocycles. The molecule has 0 aromatic carbocycles. The van der Waals surface area contributed by atoms with Gasteiger partial charge in [-0.05, 0) is 26.2 Å². The topological polar surface area (TPSA) is 47.4 Å². The highest BCUT2D eigenvalue weighted by atomic mass is 16.5. The molecule has 0 spiro atoms. The first-order chi connectivity index (χ1) is 9.81. The highest BCUT2D eigenvalue weighted by molar-refractivity contribution is 5.76. The van der Waals surface area contributed by atoms with Gasteiger partial charge < -0.3 is 9.64 Å². The molecule has 1 aromatic rings. The van der Waals surface area contributed by atoms with Crippen molar-refractivity contribution in [2.45, 2.75) is 52.7 Å². The fourth-order valence-corrected chi connectivity index (χ4v) is 2.35. The number of carbonyl (C=O) groups excluding carboxylic acids is 1. The molecule has 0 radical (unpaired) electrons. The lowest BCUT2D eigenvalue weighted by Gasteiger charge is -2.24. The summed E-state index contributed by atoms with van der Waals surface area (Å²) >= 11 is 0. The summed E-state index contributed by atoms with van der Waals surface area (Å²) in [6.07, 6.45) is 5.39. The molecule has 5 nitrogen and oxygen atoms in total. The maximum Gasteiger partial charge on any atom is 0.225 e. The Kier molecular flexibility index (Phi) is 6.89. The van der Waals surface area contributed by atoms with Gasteiger partial charge in [-0.15, -0.1) is 0 Å². The zero-order valence-corrected chi connectivity index (χ0v) is 14.2. The third kappa shape index (κ3) is 5.87. The van der Waals surface area contributed by atoms with Gasteiger partial charge in [0.25, 0.3) is 0 Å².